The van der Waals surface area contributed by atoms with Gasteiger partial charge in [0.2, 0.25) is 0 Å². The smallest absolute Gasteiger partial charge is 0.264 e. The van der Waals surface area contributed by atoms with Crippen molar-refractivity contribution in [2.75, 3.05) is 14.2 Å². The van der Waals surface area contributed by atoms with Gasteiger partial charge < -0.3 is 0 Å². The maximum Gasteiger partial charge on any atom is 0.264 e. The van der Waals surface area contributed by atoms with Crippen molar-refractivity contribution in [3.8, 4) is 0 Å². The molecular formula is C10H13NO4S. The van der Waals surface area contributed by atoms with Gasteiger partial charge in [0.25, 0.3) is 10.0 Å². The molecule has 0 radical (unpaired) electrons. The topological polar surface area (TPSA) is 63.7 Å². The third-order valence-electron chi connectivity index (χ3n) is 2.13. The van der Waals surface area contributed by atoms with Crippen molar-refractivity contribution in [1.29, 1.82) is 0 Å². The highest BCUT2D eigenvalue weighted by Gasteiger charge is 2.21. The zero-order valence-electron chi connectivity index (χ0n) is 9.30. The van der Waals surface area contributed by atoms with E-state index in [1.54, 1.807) is 6.07 Å². The molecule has 0 aromatic heterocycles. The third kappa shape index (κ3) is 2.46. The Bertz CT molecular complexity index is 495. The second-order valence-electron chi connectivity index (χ2n) is 3.18. The molecule has 0 aliphatic carbocycles. The lowest BCUT2D eigenvalue weighted by molar-refractivity contribution is -0.0258. The number of ketones is 1. The normalized spacial score (nSPS) is 11.8. The van der Waals surface area contributed by atoms with E-state index < -0.39 is 10.0 Å². The molecule has 0 spiro atoms. The highest BCUT2D eigenvalue weighted by atomic mass is 32.2. The molecule has 1 aromatic carbocycles. The first-order chi connectivity index (χ1) is 7.39. The minimum atomic E-state index is -3.69. The zero-order chi connectivity index (χ0) is 12.3. The number of hydrogen-bond donors (Lipinski definition) is 0. The van der Waals surface area contributed by atoms with Gasteiger partial charge in [-0.2, -0.15) is 0 Å². The Balaban J connectivity index is 3.24. The van der Waals surface area contributed by atoms with Crippen LogP contribution in [0.4, 0.5) is 0 Å². The second-order valence-corrected chi connectivity index (χ2v) is 5.12. The van der Waals surface area contributed by atoms with Gasteiger partial charge in [0.1, 0.15) is 0 Å². The molecule has 1 rings (SSSR count). The molecule has 0 saturated heterocycles. The van der Waals surface area contributed by atoms with Gasteiger partial charge in [0.15, 0.2) is 5.78 Å². The van der Waals surface area contributed by atoms with E-state index in [4.69, 9.17) is 0 Å². The molecule has 0 N–H and O–H groups in total. The molecule has 0 unspecified atom stereocenters. The minimum absolute atomic E-state index is 0.0320. The fraction of sp³-hybridized carbons (Fsp3) is 0.300. The predicted molar refractivity (Wildman–Crippen MR) is 58.4 cm³/mol. The average Bonchev–Trinajstić information content (AvgIpc) is 2.28. The molecule has 0 fully saturated rings. The van der Waals surface area contributed by atoms with Gasteiger partial charge in [-0.05, 0) is 19.1 Å². The SMILES string of the molecule is CON(C)S(=O)(=O)c1cccc(C(C)=O)c1. The molecule has 88 valence electrons. The van der Waals surface area contributed by atoms with E-state index in [-0.39, 0.29) is 10.7 Å². The molecule has 0 bridgehead atoms. The lowest BCUT2D eigenvalue weighted by Gasteiger charge is -2.14. The quantitative estimate of drug-likeness (QED) is 0.586. The average molecular weight is 243 g/mol. The number of nitrogens with zero attached hydrogens (tertiary/aromatic N) is 1. The van der Waals surface area contributed by atoms with Crippen LogP contribution in [-0.2, 0) is 14.9 Å². The van der Waals surface area contributed by atoms with Crippen molar-refractivity contribution in [1.82, 2.24) is 4.47 Å². The number of hydroxylamine groups is 1. The molecular weight excluding hydrogens is 230 g/mol. The third-order valence-corrected chi connectivity index (χ3v) is 3.81. The molecule has 0 amide bonds. The molecule has 0 saturated carbocycles. The van der Waals surface area contributed by atoms with E-state index in [2.05, 4.69) is 4.84 Å². The molecule has 0 atom stereocenters. The fourth-order valence-electron chi connectivity index (χ4n) is 1.12. The fourth-order valence-corrected chi connectivity index (χ4v) is 2.14. The van der Waals surface area contributed by atoms with Gasteiger partial charge in [0, 0.05) is 12.6 Å². The summed E-state index contributed by atoms with van der Waals surface area (Å²) in [6, 6.07) is 5.83. The highest BCUT2D eigenvalue weighted by molar-refractivity contribution is 7.89. The van der Waals surface area contributed by atoms with Gasteiger partial charge in [-0.25, -0.2) is 8.42 Å². The minimum Gasteiger partial charge on any atom is -0.295 e. The Hall–Kier alpha value is -1.24. The number of sulfonamides is 1. The molecule has 0 aliphatic heterocycles. The van der Waals surface area contributed by atoms with Crippen LogP contribution in [0.3, 0.4) is 0 Å². The molecule has 16 heavy (non-hydrogen) atoms. The molecule has 0 aliphatic rings. The summed E-state index contributed by atoms with van der Waals surface area (Å²) in [5.41, 5.74) is 0.352. The van der Waals surface area contributed by atoms with Crippen LogP contribution in [0.25, 0.3) is 0 Å². The number of benzene rings is 1. The highest BCUT2D eigenvalue weighted by Crippen LogP contribution is 2.16. The lowest BCUT2D eigenvalue weighted by Crippen LogP contribution is -2.25. The van der Waals surface area contributed by atoms with Gasteiger partial charge >= 0.3 is 0 Å². The van der Waals surface area contributed by atoms with Crippen molar-refractivity contribution in [3.63, 3.8) is 0 Å². The van der Waals surface area contributed by atoms with Crippen LogP contribution >= 0.6 is 0 Å². The summed E-state index contributed by atoms with van der Waals surface area (Å²) in [4.78, 5) is 15.8. The van der Waals surface area contributed by atoms with E-state index in [0.717, 1.165) is 4.47 Å². The first-order valence-corrected chi connectivity index (χ1v) is 5.97. The standard InChI is InChI=1S/C10H13NO4S/c1-8(12)9-5-4-6-10(7-9)16(13,14)11(2)15-3/h4-7H,1-3H3. The Morgan fingerprint density at radius 3 is 2.50 bits per heavy atom. The van der Waals surface area contributed by atoms with Crippen LogP contribution < -0.4 is 0 Å². The van der Waals surface area contributed by atoms with Crippen LogP contribution in [0.5, 0.6) is 0 Å². The molecule has 6 heteroatoms. The van der Waals surface area contributed by atoms with Crippen LogP contribution in [0.1, 0.15) is 17.3 Å². The monoisotopic (exact) mass is 243 g/mol. The van der Waals surface area contributed by atoms with Gasteiger partial charge in [0.05, 0.1) is 12.0 Å². The maximum atomic E-state index is 11.8. The molecule has 1 aromatic rings. The lowest BCUT2D eigenvalue weighted by atomic mass is 10.2. The Labute approximate surface area is 94.6 Å². The van der Waals surface area contributed by atoms with Crippen LogP contribution in [0, 0.1) is 0 Å². The molecule has 5 nitrogen and oxygen atoms in total. The zero-order valence-corrected chi connectivity index (χ0v) is 10.1. The number of hydrogen-bond acceptors (Lipinski definition) is 4. The summed E-state index contributed by atoms with van der Waals surface area (Å²) >= 11 is 0. The second kappa shape index (κ2) is 4.73. The van der Waals surface area contributed by atoms with Gasteiger partial charge in [-0.3, -0.25) is 9.63 Å². The number of rotatable bonds is 4. The summed E-state index contributed by atoms with van der Waals surface area (Å²) < 4.78 is 24.4. The van der Waals surface area contributed by atoms with E-state index in [0.29, 0.717) is 5.56 Å². The van der Waals surface area contributed by atoms with Crippen LogP contribution in [-0.4, -0.2) is 32.8 Å². The van der Waals surface area contributed by atoms with E-state index in [1.165, 1.54) is 39.3 Å². The summed E-state index contributed by atoms with van der Waals surface area (Å²) in [7, 11) is -1.14. The van der Waals surface area contributed by atoms with Crippen molar-refractivity contribution < 1.29 is 18.0 Å². The largest absolute Gasteiger partial charge is 0.295 e. The van der Waals surface area contributed by atoms with Crippen molar-refractivity contribution in [3.05, 3.63) is 29.8 Å². The summed E-state index contributed by atoms with van der Waals surface area (Å²) in [5, 5.41) is 0. The van der Waals surface area contributed by atoms with Crippen LogP contribution in [0.15, 0.2) is 29.2 Å². The molecule has 0 heterocycles. The van der Waals surface area contributed by atoms with E-state index in [9.17, 15) is 13.2 Å². The summed E-state index contributed by atoms with van der Waals surface area (Å²) in [6.45, 7) is 1.38. The first-order valence-electron chi connectivity index (χ1n) is 4.53. The van der Waals surface area contributed by atoms with Gasteiger partial charge in [-0.15, -0.1) is 0 Å². The Morgan fingerprint density at radius 1 is 1.38 bits per heavy atom. The van der Waals surface area contributed by atoms with Crippen molar-refractivity contribution in [2.24, 2.45) is 0 Å². The number of carbonyl (C=O) groups is 1. The van der Waals surface area contributed by atoms with Crippen LogP contribution in [0.2, 0.25) is 0 Å². The van der Waals surface area contributed by atoms with E-state index >= 15 is 0 Å². The van der Waals surface area contributed by atoms with E-state index in [1.807, 2.05) is 0 Å². The first kappa shape index (κ1) is 12.8. The Morgan fingerprint density at radius 2 is 2.00 bits per heavy atom. The van der Waals surface area contributed by atoms with Crippen molar-refractivity contribution >= 4 is 15.8 Å². The number of carbonyl (C=O) groups excluding carboxylic acids is 1. The van der Waals surface area contributed by atoms with Crippen molar-refractivity contribution in [2.45, 2.75) is 11.8 Å². The summed E-state index contributed by atoms with van der Waals surface area (Å²) in [6.07, 6.45) is 0. The van der Waals surface area contributed by atoms with Gasteiger partial charge in [-0.1, -0.05) is 16.6 Å². The maximum absolute atomic E-state index is 11.8. The predicted octanol–water partition coefficient (Wildman–Crippen LogP) is 1.07. The number of Topliss-reactive ketones (excluding diaryl/α,β-unsaturated/α-hetero) is 1. The Kier molecular flexibility index (Phi) is 3.79. The summed E-state index contributed by atoms with van der Waals surface area (Å²) in [5.74, 6) is -0.183.